The lowest BCUT2D eigenvalue weighted by Crippen LogP contribution is -2.48. The third-order valence-corrected chi connectivity index (χ3v) is 12.1. The molecule has 14 heteroatoms. The van der Waals surface area contributed by atoms with Crippen LogP contribution < -0.4 is 9.62 Å². The summed E-state index contributed by atoms with van der Waals surface area (Å²) in [6, 6.07) is 14.7. The van der Waals surface area contributed by atoms with Gasteiger partial charge in [-0.15, -0.1) is 0 Å². The minimum absolute atomic E-state index is 0.0487. The van der Waals surface area contributed by atoms with Crippen LogP contribution in [0.5, 0.6) is 0 Å². The predicted molar refractivity (Wildman–Crippen MR) is 189 cm³/mol. The second-order valence-electron chi connectivity index (χ2n) is 13.7. The van der Waals surface area contributed by atoms with Gasteiger partial charge < -0.3 is 24.5 Å². The number of aryl methyl sites for hydroxylation is 2. The van der Waals surface area contributed by atoms with Gasteiger partial charge in [-0.05, 0) is 92.1 Å². The van der Waals surface area contributed by atoms with Crippen molar-refractivity contribution in [2.75, 3.05) is 36.4 Å². The summed E-state index contributed by atoms with van der Waals surface area (Å²) in [6.07, 6.45) is 2.16. The number of alkyl halides is 1. The molecule has 8 rings (SSSR count). The van der Waals surface area contributed by atoms with E-state index in [1.165, 1.54) is 9.21 Å². The third kappa shape index (κ3) is 5.64. The maximum Gasteiger partial charge on any atom is 0.405 e. The van der Waals surface area contributed by atoms with Gasteiger partial charge in [0.2, 0.25) is 10.0 Å². The van der Waals surface area contributed by atoms with Gasteiger partial charge in [0.25, 0.3) is 5.91 Å². The lowest BCUT2D eigenvalue weighted by Gasteiger charge is -2.31. The molecule has 0 radical (unpaired) electrons. The van der Waals surface area contributed by atoms with Crippen LogP contribution in [0.2, 0.25) is 0 Å². The monoisotopic (exact) mass is 699 g/mol. The van der Waals surface area contributed by atoms with E-state index in [1.54, 1.807) is 6.07 Å². The van der Waals surface area contributed by atoms with Crippen molar-refractivity contribution in [1.82, 2.24) is 29.3 Å². The Morgan fingerprint density at radius 3 is 2.60 bits per heavy atom. The van der Waals surface area contributed by atoms with E-state index >= 15 is 0 Å². The molecule has 2 N–H and O–H groups in total. The molecule has 5 aromatic rings. The smallest absolute Gasteiger partial charge is 0.405 e. The van der Waals surface area contributed by atoms with Gasteiger partial charge in [0, 0.05) is 49.7 Å². The highest BCUT2D eigenvalue weighted by atomic mass is 32.2. The van der Waals surface area contributed by atoms with Gasteiger partial charge in [-0.3, -0.25) is 9.10 Å². The normalized spacial score (nSPS) is 17.9. The maximum atomic E-state index is 13.5. The van der Waals surface area contributed by atoms with E-state index in [1.807, 2.05) is 44.3 Å². The minimum atomic E-state index is -3.28. The second-order valence-corrected chi connectivity index (χ2v) is 15.7. The molecule has 1 aliphatic carbocycles. The van der Waals surface area contributed by atoms with Crippen LogP contribution in [0, 0.1) is 12.8 Å². The Hall–Kier alpha value is -4.98. The summed E-state index contributed by atoms with van der Waals surface area (Å²) in [5, 5.41) is 12.2. The average Bonchev–Trinajstić information content (AvgIpc) is 3.63. The molecule has 1 saturated heterocycles. The van der Waals surface area contributed by atoms with E-state index in [0.717, 1.165) is 69.8 Å². The fraction of sp³-hybridized carbons (Fsp3) is 0.389. The van der Waals surface area contributed by atoms with Crippen LogP contribution >= 0.6 is 0 Å². The van der Waals surface area contributed by atoms with Crippen LogP contribution in [0.1, 0.15) is 40.7 Å². The van der Waals surface area contributed by atoms with Crippen molar-refractivity contribution in [3.63, 3.8) is 0 Å². The SMILES string of the molecule is Cc1cc(N2CCCS2(=O)=O)ccc1-c1ccc2cc(-c3nc4cc5c(cc4n3C)CCN(C[C@@H](CF)NC(=O)O)C5=O)n(CC3CC3)c2n1. The molecular formula is C36H38FN7O5S. The number of imidazole rings is 1. The molecule has 0 unspecified atom stereocenters. The molecule has 5 heterocycles. The summed E-state index contributed by atoms with van der Waals surface area (Å²) in [5.74, 6) is 1.21. The van der Waals surface area contributed by atoms with Gasteiger partial charge in [-0.1, -0.05) is 6.07 Å². The Bertz CT molecular complexity index is 2310. The quantitative estimate of drug-likeness (QED) is 0.218. The Balaban J connectivity index is 1.16. The Morgan fingerprint density at radius 2 is 1.90 bits per heavy atom. The Kier molecular flexibility index (Phi) is 7.81. The van der Waals surface area contributed by atoms with Crippen molar-refractivity contribution >= 4 is 49.8 Å². The summed E-state index contributed by atoms with van der Waals surface area (Å²) in [4.78, 5) is 36.3. The number of carboxylic acid groups (broad SMARTS) is 1. The number of hydrogen-bond donors (Lipinski definition) is 2. The highest BCUT2D eigenvalue weighted by molar-refractivity contribution is 7.93. The first-order valence-corrected chi connectivity index (χ1v) is 18.6. The second kappa shape index (κ2) is 12.1. The van der Waals surface area contributed by atoms with Crippen molar-refractivity contribution in [2.45, 2.75) is 45.2 Å². The number of nitrogens with zero attached hydrogens (tertiary/aromatic N) is 6. The van der Waals surface area contributed by atoms with Crippen LogP contribution in [-0.4, -0.2) is 87.6 Å². The molecule has 1 atom stereocenters. The number of carbonyl (C=O) groups is 2. The average molecular weight is 700 g/mol. The minimum Gasteiger partial charge on any atom is -0.465 e. The number of anilines is 1. The highest BCUT2D eigenvalue weighted by Crippen LogP contribution is 2.38. The number of amides is 2. The lowest BCUT2D eigenvalue weighted by molar-refractivity contribution is 0.0714. The summed E-state index contributed by atoms with van der Waals surface area (Å²) < 4.78 is 44.4. The molecule has 3 aliphatic rings. The molecule has 3 aromatic heterocycles. The van der Waals surface area contributed by atoms with Crippen LogP contribution in [0.15, 0.2) is 48.5 Å². The van der Waals surface area contributed by atoms with Crippen LogP contribution in [-0.2, 0) is 30.0 Å². The zero-order chi connectivity index (χ0) is 34.9. The fourth-order valence-electron chi connectivity index (χ4n) is 7.42. The number of sulfonamides is 1. The topological polar surface area (TPSA) is 143 Å². The zero-order valence-electron chi connectivity index (χ0n) is 27.9. The molecule has 0 bridgehead atoms. The first-order chi connectivity index (χ1) is 24.0. The number of nitrogens with one attached hydrogen (secondary N) is 1. The van der Waals surface area contributed by atoms with E-state index < -0.39 is 28.8 Å². The number of halogens is 1. The molecular weight excluding hydrogens is 662 g/mol. The number of hydrogen-bond acceptors (Lipinski definition) is 6. The van der Waals surface area contributed by atoms with E-state index in [0.29, 0.717) is 48.6 Å². The molecule has 2 aliphatic heterocycles. The predicted octanol–water partition coefficient (Wildman–Crippen LogP) is 5.12. The Morgan fingerprint density at radius 1 is 1.08 bits per heavy atom. The lowest BCUT2D eigenvalue weighted by atomic mass is 9.97. The molecule has 1 saturated carbocycles. The van der Waals surface area contributed by atoms with Crippen molar-refractivity contribution in [2.24, 2.45) is 13.0 Å². The number of carbonyl (C=O) groups excluding carboxylic acids is 1. The largest absolute Gasteiger partial charge is 0.465 e. The van der Waals surface area contributed by atoms with Crippen molar-refractivity contribution in [3.05, 3.63) is 65.2 Å². The van der Waals surface area contributed by atoms with E-state index in [9.17, 15) is 22.4 Å². The molecule has 50 heavy (non-hydrogen) atoms. The van der Waals surface area contributed by atoms with Gasteiger partial charge in [-0.25, -0.2) is 27.6 Å². The molecule has 2 amide bonds. The summed E-state index contributed by atoms with van der Waals surface area (Å²) in [7, 11) is -1.30. The van der Waals surface area contributed by atoms with Gasteiger partial charge >= 0.3 is 6.09 Å². The molecule has 12 nitrogen and oxygen atoms in total. The van der Waals surface area contributed by atoms with Crippen LogP contribution in [0.25, 0.3) is 44.8 Å². The number of pyridine rings is 1. The van der Waals surface area contributed by atoms with E-state index in [-0.39, 0.29) is 18.2 Å². The molecule has 2 aromatic carbocycles. The van der Waals surface area contributed by atoms with Gasteiger partial charge in [-0.2, -0.15) is 0 Å². The van der Waals surface area contributed by atoms with Gasteiger partial charge in [0.05, 0.1) is 39.9 Å². The molecule has 2 fully saturated rings. The van der Waals surface area contributed by atoms with Crippen LogP contribution in [0.4, 0.5) is 14.9 Å². The molecule has 0 spiro atoms. The summed E-state index contributed by atoms with van der Waals surface area (Å²) in [5.41, 5.74) is 8.08. The highest BCUT2D eigenvalue weighted by Gasteiger charge is 2.31. The Labute approximate surface area is 288 Å². The van der Waals surface area contributed by atoms with E-state index in [4.69, 9.17) is 15.1 Å². The number of aromatic nitrogens is 4. The summed E-state index contributed by atoms with van der Waals surface area (Å²) in [6.45, 7) is 2.68. The zero-order valence-corrected chi connectivity index (χ0v) is 28.7. The van der Waals surface area contributed by atoms with E-state index in [2.05, 4.69) is 26.6 Å². The number of fused-ring (bicyclic) bond motifs is 3. The van der Waals surface area contributed by atoms with Gasteiger partial charge in [0.1, 0.15) is 12.3 Å². The first kappa shape index (κ1) is 32.2. The number of benzene rings is 2. The number of rotatable bonds is 9. The first-order valence-electron chi connectivity index (χ1n) is 17.0. The molecule has 260 valence electrons. The van der Waals surface area contributed by atoms with Crippen molar-refractivity contribution in [3.8, 4) is 22.8 Å². The van der Waals surface area contributed by atoms with Crippen molar-refractivity contribution < 1.29 is 27.5 Å². The van der Waals surface area contributed by atoms with Crippen molar-refractivity contribution in [1.29, 1.82) is 0 Å². The maximum absolute atomic E-state index is 13.5. The standard InChI is InChI=1S/C36H38FN7O5S/c1-21-14-26(44-11-3-13-50(44,48)49)7-8-27(21)29-9-6-24-16-32(43(33(24)39-29)19-22-4-5-22)34-40-30-17-28-23(15-31(30)41(34)2)10-12-42(35(28)45)20-25(18-37)38-36(46)47/h6-9,14-17,22,25,38H,3-5,10-13,18-20H2,1-2H3,(H,46,47)/t25-/m1/s1. The summed E-state index contributed by atoms with van der Waals surface area (Å²) >= 11 is 0. The van der Waals surface area contributed by atoms with Crippen LogP contribution in [0.3, 0.4) is 0 Å². The van der Waals surface area contributed by atoms with Gasteiger partial charge in [0.15, 0.2) is 5.82 Å². The third-order valence-electron chi connectivity index (χ3n) is 10.2. The fourth-order valence-corrected chi connectivity index (χ4v) is 8.97.